The third-order valence-electron chi connectivity index (χ3n) is 5.19. The van der Waals surface area contributed by atoms with Crippen LogP contribution in [0.2, 0.25) is 0 Å². The fraction of sp³-hybridized carbons (Fsp3) is 0.300. The van der Waals surface area contributed by atoms with Crippen LogP contribution in [0.4, 0.5) is 4.39 Å². The summed E-state index contributed by atoms with van der Waals surface area (Å²) in [7, 11) is 0. The van der Waals surface area contributed by atoms with E-state index in [0.29, 0.717) is 35.6 Å². The highest BCUT2D eigenvalue weighted by atomic mass is 19.1. The molecule has 1 aromatic carbocycles. The number of aromatic nitrogens is 4. The van der Waals surface area contributed by atoms with Gasteiger partial charge in [-0.05, 0) is 38.1 Å². The second kappa shape index (κ2) is 6.84. The van der Waals surface area contributed by atoms with Crippen LogP contribution < -0.4 is 4.74 Å². The Morgan fingerprint density at radius 1 is 1.41 bits per heavy atom. The summed E-state index contributed by atoms with van der Waals surface area (Å²) in [5.41, 5.74) is 0.228. The number of hydrogen-bond donors (Lipinski definition) is 2. The number of hydrogen-bond acceptors (Lipinski definition) is 6. The molecule has 1 aliphatic rings. The molecule has 150 valence electrons. The van der Waals surface area contributed by atoms with E-state index in [1.54, 1.807) is 11.1 Å². The first-order chi connectivity index (χ1) is 13.8. The fourth-order valence-corrected chi connectivity index (χ4v) is 3.22. The van der Waals surface area contributed by atoms with Gasteiger partial charge in [-0.3, -0.25) is 9.89 Å². The van der Waals surface area contributed by atoms with E-state index in [2.05, 4.69) is 26.7 Å². The predicted molar refractivity (Wildman–Crippen MR) is 104 cm³/mol. The van der Waals surface area contributed by atoms with Crippen molar-refractivity contribution in [3.05, 3.63) is 42.9 Å². The molecule has 2 N–H and O–H groups in total. The number of H-pyrrole nitrogens is 1. The molecule has 0 spiro atoms. The second-order valence-electron chi connectivity index (χ2n) is 7.50. The monoisotopic (exact) mass is 397 g/mol. The van der Waals surface area contributed by atoms with Gasteiger partial charge in [-0.2, -0.15) is 10.1 Å². The maximum absolute atomic E-state index is 13.8. The number of likely N-dealkylation sites (tertiary alicyclic amines) is 1. The minimum Gasteiger partial charge on any atom is -0.505 e. The number of rotatable bonds is 5. The number of phenolic OH excluding ortho intramolecular Hbond substituents is 1. The Morgan fingerprint density at radius 3 is 2.86 bits per heavy atom. The Kier molecular flexibility index (Phi) is 4.45. The average Bonchev–Trinajstić information content (AvgIpc) is 3.11. The van der Waals surface area contributed by atoms with E-state index >= 15 is 0 Å². The summed E-state index contributed by atoms with van der Waals surface area (Å²) in [4.78, 5) is 22.2. The first-order valence-electron chi connectivity index (χ1n) is 9.09. The highest BCUT2D eigenvalue weighted by Gasteiger charge is 2.42. The SMILES string of the molecule is C=CC(=O)N1CC(C(C)(C)Oc2nc(-c3ccc(O)c(F)c3)nc3[nH]ncc23)C1. The van der Waals surface area contributed by atoms with Crippen LogP contribution in [0.15, 0.2) is 37.1 Å². The number of fused-ring (bicyclic) bond motifs is 1. The Balaban J connectivity index is 1.65. The van der Waals surface area contributed by atoms with Crippen LogP contribution in [0.3, 0.4) is 0 Å². The van der Waals surface area contributed by atoms with E-state index in [-0.39, 0.29) is 17.6 Å². The zero-order chi connectivity index (χ0) is 20.8. The number of amides is 1. The van der Waals surface area contributed by atoms with Crippen LogP contribution in [-0.4, -0.2) is 54.8 Å². The lowest BCUT2D eigenvalue weighted by Crippen LogP contribution is -2.59. The second-order valence-corrected chi connectivity index (χ2v) is 7.50. The third-order valence-corrected chi connectivity index (χ3v) is 5.19. The highest BCUT2D eigenvalue weighted by molar-refractivity contribution is 5.87. The summed E-state index contributed by atoms with van der Waals surface area (Å²) < 4.78 is 20.0. The zero-order valence-electron chi connectivity index (χ0n) is 16.0. The van der Waals surface area contributed by atoms with Crippen molar-refractivity contribution in [3.8, 4) is 23.0 Å². The van der Waals surface area contributed by atoms with Gasteiger partial charge in [0.1, 0.15) is 11.0 Å². The van der Waals surface area contributed by atoms with Gasteiger partial charge >= 0.3 is 0 Å². The van der Waals surface area contributed by atoms with Crippen molar-refractivity contribution >= 4 is 16.9 Å². The van der Waals surface area contributed by atoms with Gasteiger partial charge in [0.15, 0.2) is 23.0 Å². The quantitative estimate of drug-likeness (QED) is 0.642. The maximum Gasteiger partial charge on any atom is 0.245 e. The summed E-state index contributed by atoms with van der Waals surface area (Å²) >= 11 is 0. The number of aromatic hydroxyl groups is 1. The number of nitrogens with one attached hydrogen (secondary N) is 1. The molecule has 29 heavy (non-hydrogen) atoms. The zero-order valence-corrected chi connectivity index (χ0v) is 16.0. The predicted octanol–water partition coefficient (Wildman–Crippen LogP) is 2.67. The number of carbonyl (C=O) groups is 1. The van der Waals surface area contributed by atoms with Gasteiger partial charge in [0, 0.05) is 24.6 Å². The molecule has 1 amide bonds. The molecule has 3 aromatic rings. The molecule has 0 saturated carbocycles. The molecule has 0 aliphatic carbocycles. The number of nitrogens with zero attached hydrogens (tertiary/aromatic N) is 4. The van der Waals surface area contributed by atoms with E-state index in [1.807, 2.05) is 13.8 Å². The number of carbonyl (C=O) groups excluding carboxylic acids is 1. The molecule has 1 fully saturated rings. The Labute approximate surface area is 166 Å². The van der Waals surface area contributed by atoms with Gasteiger partial charge in [-0.15, -0.1) is 0 Å². The Morgan fingerprint density at radius 2 is 2.17 bits per heavy atom. The van der Waals surface area contributed by atoms with E-state index in [4.69, 9.17) is 4.74 Å². The average molecular weight is 397 g/mol. The number of halogens is 1. The maximum atomic E-state index is 13.8. The van der Waals surface area contributed by atoms with Crippen molar-refractivity contribution < 1.29 is 19.0 Å². The lowest BCUT2D eigenvalue weighted by atomic mass is 9.84. The van der Waals surface area contributed by atoms with Gasteiger partial charge in [0.2, 0.25) is 11.8 Å². The van der Waals surface area contributed by atoms with Crippen LogP contribution >= 0.6 is 0 Å². The molecule has 3 heterocycles. The molecule has 4 rings (SSSR count). The number of benzene rings is 1. The molecule has 0 radical (unpaired) electrons. The first kappa shape index (κ1) is 18.9. The van der Waals surface area contributed by atoms with Crippen molar-refractivity contribution in [2.24, 2.45) is 5.92 Å². The van der Waals surface area contributed by atoms with E-state index in [9.17, 15) is 14.3 Å². The molecule has 0 bridgehead atoms. The number of ether oxygens (including phenoxy) is 1. The topological polar surface area (TPSA) is 104 Å². The van der Waals surface area contributed by atoms with E-state index < -0.39 is 17.2 Å². The molecule has 8 nitrogen and oxygen atoms in total. The molecule has 0 atom stereocenters. The van der Waals surface area contributed by atoms with Crippen LogP contribution in [0, 0.1) is 11.7 Å². The molecular formula is C20H20FN5O3. The highest BCUT2D eigenvalue weighted by Crippen LogP contribution is 2.34. The fourth-order valence-electron chi connectivity index (χ4n) is 3.22. The van der Waals surface area contributed by atoms with Crippen molar-refractivity contribution in [1.82, 2.24) is 25.1 Å². The molecule has 2 aromatic heterocycles. The summed E-state index contributed by atoms with van der Waals surface area (Å²) in [6, 6.07) is 3.93. The first-order valence-corrected chi connectivity index (χ1v) is 9.09. The Bertz CT molecular complexity index is 1100. The smallest absolute Gasteiger partial charge is 0.245 e. The van der Waals surface area contributed by atoms with E-state index in [1.165, 1.54) is 18.2 Å². The number of phenols is 1. The van der Waals surface area contributed by atoms with Crippen LogP contribution in [0.25, 0.3) is 22.4 Å². The van der Waals surface area contributed by atoms with Crippen LogP contribution in [0.5, 0.6) is 11.6 Å². The molecular weight excluding hydrogens is 377 g/mol. The van der Waals surface area contributed by atoms with Gasteiger partial charge in [0.25, 0.3) is 0 Å². The summed E-state index contributed by atoms with van der Waals surface area (Å²) in [5.74, 6) is -0.655. The van der Waals surface area contributed by atoms with Gasteiger partial charge < -0.3 is 14.7 Å². The van der Waals surface area contributed by atoms with Crippen molar-refractivity contribution in [3.63, 3.8) is 0 Å². The molecule has 1 saturated heterocycles. The summed E-state index contributed by atoms with van der Waals surface area (Å²) in [5, 5.41) is 16.8. The minimum atomic E-state index is -0.764. The third kappa shape index (κ3) is 3.39. The van der Waals surface area contributed by atoms with Crippen LogP contribution in [-0.2, 0) is 4.79 Å². The van der Waals surface area contributed by atoms with E-state index in [0.717, 1.165) is 6.07 Å². The Hall–Kier alpha value is -3.49. The summed E-state index contributed by atoms with van der Waals surface area (Å²) in [6.07, 6.45) is 2.86. The standard InChI is InChI=1S/C20H20FN5O3/c1-4-16(28)26-9-12(10-26)20(2,3)29-19-13-8-22-25-18(13)23-17(24-19)11-5-6-15(27)14(21)7-11/h4-8,12,27H,1,9-10H2,2-3H3,(H,22,23,24,25). The van der Waals surface area contributed by atoms with Crippen molar-refractivity contribution in [2.75, 3.05) is 13.1 Å². The lowest BCUT2D eigenvalue weighted by Gasteiger charge is -2.46. The largest absolute Gasteiger partial charge is 0.505 e. The minimum absolute atomic E-state index is 0.104. The lowest BCUT2D eigenvalue weighted by molar-refractivity contribution is -0.137. The number of aromatic amines is 1. The normalized spacial score (nSPS) is 14.7. The van der Waals surface area contributed by atoms with Crippen LogP contribution in [0.1, 0.15) is 13.8 Å². The molecule has 1 aliphatic heterocycles. The van der Waals surface area contributed by atoms with Gasteiger partial charge in [0.05, 0.1) is 6.20 Å². The molecule has 9 heteroatoms. The van der Waals surface area contributed by atoms with Gasteiger partial charge in [-0.25, -0.2) is 9.37 Å². The van der Waals surface area contributed by atoms with Crippen molar-refractivity contribution in [2.45, 2.75) is 19.4 Å². The van der Waals surface area contributed by atoms with Gasteiger partial charge in [-0.1, -0.05) is 6.58 Å². The molecule has 0 unspecified atom stereocenters. The van der Waals surface area contributed by atoms with Crippen molar-refractivity contribution in [1.29, 1.82) is 0 Å². The summed E-state index contributed by atoms with van der Waals surface area (Å²) in [6.45, 7) is 8.49.